The standard InChI is InChI=1S/C19H20F3N5O2/c20-19(21,22)16-7-6-14(12-23-16)25-17(28)13-24-18(29)27-10-8-26(9-11-27)15-4-2-1-3-5-15/h1-7,12H,8-11,13H2,(H,24,29)(H,25,28). The predicted molar refractivity (Wildman–Crippen MR) is 101 cm³/mol. The van der Waals surface area contributed by atoms with E-state index in [9.17, 15) is 22.8 Å². The van der Waals surface area contributed by atoms with Crippen molar-refractivity contribution in [2.24, 2.45) is 0 Å². The molecule has 1 aliphatic rings. The van der Waals surface area contributed by atoms with Gasteiger partial charge in [0.25, 0.3) is 0 Å². The van der Waals surface area contributed by atoms with Crippen LogP contribution in [-0.2, 0) is 11.0 Å². The van der Waals surface area contributed by atoms with E-state index in [1.54, 1.807) is 4.90 Å². The number of carbonyl (C=O) groups excluding carboxylic acids is 2. The van der Waals surface area contributed by atoms with Crippen LogP contribution in [0.15, 0.2) is 48.7 Å². The molecular weight excluding hydrogens is 387 g/mol. The first-order chi connectivity index (χ1) is 13.8. The van der Waals surface area contributed by atoms with Gasteiger partial charge < -0.3 is 20.4 Å². The molecule has 1 aromatic heterocycles. The molecule has 3 amide bonds. The van der Waals surface area contributed by atoms with Gasteiger partial charge in [-0.2, -0.15) is 13.2 Å². The van der Waals surface area contributed by atoms with Crippen LogP contribution in [0, 0.1) is 0 Å². The molecule has 0 aliphatic carbocycles. The summed E-state index contributed by atoms with van der Waals surface area (Å²) in [7, 11) is 0. The third-order valence-electron chi connectivity index (χ3n) is 4.43. The molecule has 0 atom stereocenters. The fraction of sp³-hybridized carbons (Fsp3) is 0.316. The Labute approximate surface area is 165 Å². The lowest BCUT2D eigenvalue weighted by Gasteiger charge is -2.36. The molecule has 2 N–H and O–H groups in total. The summed E-state index contributed by atoms with van der Waals surface area (Å²) in [6.45, 7) is 2.11. The number of anilines is 2. The SMILES string of the molecule is O=C(CNC(=O)N1CCN(c2ccccc2)CC1)Nc1ccc(C(F)(F)F)nc1. The number of rotatable bonds is 4. The Hall–Kier alpha value is -3.30. The second-order valence-corrected chi connectivity index (χ2v) is 6.45. The van der Waals surface area contributed by atoms with Gasteiger partial charge in [0.15, 0.2) is 0 Å². The summed E-state index contributed by atoms with van der Waals surface area (Å²) in [4.78, 5) is 31.2. The highest BCUT2D eigenvalue weighted by Gasteiger charge is 2.32. The molecule has 1 aromatic carbocycles. The summed E-state index contributed by atoms with van der Waals surface area (Å²) in [5, 5.41) is 4.92. The van der Waals surface area contributed by atoms with Crippen molar-refractivity contribution in [2.75, 3.05) is 42.9 Å². The van der Waals surface area contributed by atoms with Crippen LogP contribution in [0.3, 0.4) is 0 Å². The maximum Gasteiger partial charge on any atom is 0.433 e. The first-order valence-electron chi connectivity index (χ1n) is 8.99. The number of halogens is 3. The summed E-state index contributed by atoms with van der Waals surface area (Å²) in [6, 6.07) is 11.4. The second kappa shape index (κ2) is 8.80. The Balaban J connectivity index is 1.42. The molecule has 10 heteroatoms. The first kappa shape index (κ1) is 20.4. The van der Waals surface area contributed by atoms with Crippen molar-refractivity contribution in [2.45, 2.75) is 6.18 Å². The molecule has 1 saturated heterocycles. The van der Waals surface area contributed by atoms with Gasteiger partial charge in [0, 0.05) is 31.9 Å². The number of carbonyl (C=O) groups is 2. The van der Waals surface area contributed by atoms with E-state index in [1.807, 2.05) is 30.3 Å². The van der Waals surface area contributed by atoms with Crippen LogP contribution in [0.4, 0.5) is 29.3 Å². The van der Waals surface area contributed by atoms with E-state index in [0.29, 0.717) is 26.2 Å². The van der Waals surface area contributed by atoms with Crippen molar-refractivity contribution in [3.8, 4) is 0 Å². The maximum absolute atomic E-state index is 12.5. The number of benzene rings is 1. The lowest BCUT2D eigenvalue weighted by atomic mass is 10.2. The number of aromatic nitrogens is 1. The van der Waals surface area contributed by atoms with Crippen LogP contribution in [0.1, 0.15) is 5.69 Å². The largest absolute Gasteiger partial charge is 0.433 e. The minimum Gasteiger partial charge on any atom is -0.368 e. The lowest BCUT2D eigenvalue weighted by molar-refractivity contribution is -0.141. The van der Waals surface area contributed by atoms with Gasteiger partial charge in [0.1, 0.15) is 5.69 Å². The Morgan fingerprint density at radius 3 is 2.28 bits per heavy atom. The molecule has 29 heavy (non-hydrogen) atoms. The van der Waals surface area contributed by atoms with Crippen LogP contribution in [0.2, 0.25) is 0 Å². The second-order valence-electron chi connectivity index (χ2n) is 6.45. The van der Waals surface area contributed by atoms with Gasteiger partial charge in [-0.05, 0) is 24.3 Å². The topological polar surface area (TPSA) is 77.6 Å². The molecule has 7 nitrogen and oxygen atoms in total. The zero-order chi connectivity index (χ0) is 20.9. The van der Waals surface area contributed by atoms with E-state index in [1.165, 1.54) is 0 Å². The first-order valence-corrected chi connectivity index (χ1v) is 8.99. The number of hydrogen-bond donors (Lipinski definition) is 2. The van der Waals surface area contributed by atoms with Crippen LogP contribution in [0.25, 0.3) is 0 Å². The number of nitrogens with zero attached hydrogens (tertiary/aromatic N) is 3. The fourth-order valence-electron chi connectivity index (χ4n) is 2.91. The van der Waals surface area contributed by atoms with Crippen LogP contribution in [-0.4, -0.2) is 54.5 Å². The van der Waals surface area contributed by atoms with E-state index in [4.69, 9.17) is 0 Å². The summed E-state index contributed by atoms with van der Waals surface area (Å²) in [6.07, 6.45) is -3.62. The summed E-state index contributed by atoms with van der Waals surface area (Å²) in [5.74, 6) is -0.553. The number of nitrogens with one attached hydrogen (secondary N) is 2. The predicted octanol–water partition coefficient (Wildman–Crippen LogP) is 2.57. The van der Waals surface area contributed by atoms with Gasteiger partial charge in [0.2, 0.25) is 5.91 Å². The number of urea groups is 1. The van der Waals surface area contributed by atoms with E-state index in [0.717, 1.165) is 24.0 Å². The molecule has 1 aliphatic heterocycles. The summed E-state index contributed by atoms with van der Waals surface area (Å²) in [5.41, 5.74) is 0.171. The number of piperazine rings is 1. The number of alkyl halides is 3. The highest BCUT2D eigenvalue weighted by Crippen LogP contribution is 2.27. The van der Waals surface area contributed by atoms with E-state index in [2.05, 4.69) is 20.5 Å². The van der Waals surface area contributed by atoms with Crippen molar-refractivity contribution in [3.05, 3.63) is 54.4 Å². The Morgan fingerprint density at radius 2 is 1.69 bits per heavy atom. The van der Waals surface area contributed by atoms with Crippen LogP contribution in [0.5, 0.6) is 0 Å². The van der Waals surface area contributed by atoms with Crippen molar-refractivity contribution in [3.63, 3.8) is 0 Å². The summed E-state index contributed by atoms with van der Waals surface area (Å²) >= 11 is 0. The van der Waals surface area contributed by atoms with E-state index in [-0.39, 0.29) is 18.3 Å². The van der Waals surface area contributed by atoms with Gasteiger partial charge in [0.05, 0.1) is 18.4 Å². The Kier molecular flexibility index (Phi) is 6.20. The Bertz CT molecular complexity index is 835. The molecule has 2 heterocycles. The van der Waals surface area contributed by atoms with Crippen molar-refractivity contribution in [1.29, 1.82) is 0 Å². The highest BCUT2D eigenvalue weighted by atomic mass is 19.4. The van der Waals surface area contributed by atoms with Crippen molar-refractivity contribution < 1.29 is 22.8 Å². The fourth-order valence-corrected chi connectivity index (χ4v) is 2.91. The molecule has 0 radical (unpaired) electrons. The summed E-state index contributed by atoms with van der Waals surface area (Å²) < 4.78 is 37.5. The molecule has 0 spiro atoms. The van der Waals surface area contributed by atoms with E-state index >= 15 is 0 Å². The van der Waals surface area contributed by atoms with E-state index < -0.39 is 17.8 Å². The molecule has 0 bridgehead atoms. The van der Waals surface area contributed by atoms with Gasteiger partial charge in [-0.25, -0.2) is 9.78 Å². The molecule has 0 unspecified atom stereocenters. The van der Waals surface area contributed by atoms with Crippen molar-refractivity contribution in [1.82, 2.24) is 15.2 Å². The number of amides is 3. The van der Waals surface area contributed by atoms with Gasteiger partial charge in [-0.3, -0.25) is 4.79 Å². The number of hydrogen-bond acceptors (Lipinski definition) is 4. The maximum atomic E-state index is 12.5. The Morgan fingerprint density at radius 1 is 1.00 bits per heavy atom. The third kappa shape index (κ3) is 5.59. The number of para-hydroxylation sites is 1. The molecule has 154 valence electrons. The van der Waals surface area contributed by atoms with Crippen LogP contribution < -0.4 is 15.5 Å². The smallest absolute Gasteiger partial charge is 0.368 e. The third-order valence-corrected chi connectivity index (χ3v) is 4.43. The van der Waals surface area contributed by atoms with Gasteiger partial charge >= 0.3 is 12.2 Å². The highest BCUT2D eigenvalue weighted by molar-refractivity contribution is 5.94. The molecule has 0 saturated carbocycles. The minimum atomic E-state index is -4.54. The molecule has 1 fully saturated rings. The van der Waals surface area contributed by atoms with Gasteiger partial charge in [-0.1, -0.05) is 18.2 Å². The zero-order valence-electron chi connectivity index (χ0n) is 15.4. The lowest BCUT2D eigenvalue weighted by Crippen LogP contribution is -2.52. The van der Waals surface area contributed by atoms with Gasteiger partial charge in [-0.15, -0.1) is 0 Å². The molecule has 2 aromatic rings. The zero-order valence-corrected chi connectivity index (χ0v) is 15.4. The average molecular weight is 407 g/mol. The van der Waals surface area contributed by atoms with Crippen molar-refractivity contribution >= 4 is 23.3 Å². The number of pyridine rings is 1. The molecule has 3 rings (SSSR count). The molecular formula is C19H20F3N5O2. The quantitative estimate of drug-likeness (QED) is 0.817. The monoisotopic (exact) mass is 407 g/mol. The minimum absolute atomic E-state index is 0.119. The average Bonchev–Trinajstić information content (AvgIpc) is 2.72. The van der Waals surface area contributed by atoms with Crippen LogP contribution >= 0.6 is 0 Å². The normalized spacial score (nSPS) is 14.4.